The first-order valence-corrected chi connectivity index (χ1v) is 7.78. The van der Waals surface area contributed by atoms with Crippen molar-refractivity contribution in [3.8, 4) is 0 Å². The lowest BCUT2D eigenvalue weighted by atomic mass is 10.2. The third-order valence-corrected chi connectivity index (χ3v) is 3.38. The van der Waals surface area contributed by atoms with Crippen LogP contribution in [-0.4, -0.2) is 35.0 Å². The van der Waals surface area contributed by atoms with Crippen LogP contribution in [0.15, 0.2) is 24.3 Å². The Morgan fingerprint density at radius 2 is 2.05 bits per heavy atom. The molecule has 0 saturated carbocycles. The molecule has 0 radical (unpaired) electrons. The van der Waals surface area contributed by atoms with Crippen LogP contribution in [0, 0.1) is 10.1 Å². The number of hydrogen-bond donors (Lipinski definition) is 2. The number of urea groups is 1. The number of non-ortho nitro benzene ring substituents is 1. The molecule has 3 N–H and O–H groups in total. The lowest BCUT2D eigenvalue weighted by Gasteiger charge is -2.16. The number of primary amides is 1. The number of nitrogens with one attached hydrogen (secondary N) is 1. The number of benzene rings is 1. The molecule has 0 unspecified atom stereocenters. The summed E-state index contributed by atoms with van der Waals surface area (Å²) in [6.45, 7) is -0.0347. The van der Waals surface area contributed by atoms with Crippen molar-refractivity contribution in [2.75, 3.05) is 12.0 Å². The molecule has 0 saturated heterocycles. The molecule has 9 heteroatoms. The van der Waals surface area contributed by atoms with Crippen LogP contribution >= 0.6 is 11.8 Å². The zero-order valence-electron chi connectivity index (χ0n) is 12.0. The molecule has 0 bridgehead atoms. The highest BCUT2D eigenvalue weighted by molar-refractivity contribution is 7.98. The third kappa shape index (κ3) is 6.00. The van der Waals surface area contributed by atoms with Crippen LogP contribution in [0.2, 0.25) is 0 Å². The van der Waals surface area contributed by atoms with Gasteiger partial charge in [-0.1, -0.05) is 0 Å². The molecule has 0 aliphatic carbocycles. The minimum Gasteiger partial charge on any atom is -0.459 e. The van der Waals surface area contributed by atoms with Crippen LogP contribution in [0.5, 0.6) is 0 Å². The van der Waals surface area contributed by atoms with Crippen molar-refractivity contribution in [2.24, 2.45) is 5.73 Å². The Morgan fingerprint density at radius 3 is 2.55 bits per heavy atom. The van der Waals surface area contributed by atoms with Crippen LogP contribution in [0.3, 0.4) is 0 Å². The first-order chi connectivity index (χ1) is 10.4. The van der Waals surface area contributed by atoms with Gasteiger partial charge in [-0.25, -0.2) is 9.59 Å². The zero-order chi connectivity index (χ0) is 16.5. The van der Waals surface area contributed by atoms with Gasteiger partial charge in [0.1, 0.15) is 12.6 Å². The number of nitrogens with two attached hydrogens (primary N) is 1. The van der Waals surface area contributed by atoms with E-state index in [4.69, 9.17) is 10.5 Å². The number of thioether (sulfide) groups is 1. The molecule has 0 aliphatic rings. The first-order valence-electron chi connectivity index (χ1n) is 6.39. The van der Waals surface area contributed by atoms with E-state index in [9.17, 15) is 19.7 Å². The normalized spacial score (nSPS) is 11.5. The van der Waals surface area contributed by atoms with E-state index in [1.165, 1.54) is 36.0 Å². The summed E-state index contributed by atoms with van der Waals surface area (Å²) in [4.78, 5) is 32.8. The van der Waals surface area contributed by atoms with Gasteiger partial charge < -0.3 is 15.8 Å². The predicted octanol–water partition coefficient (Wildman–Crippen LogP) is 1.43. The Bertz CT molecular complexity index is 535. The maximum absolute atomic E-state index is 11.9. The van der Waals surface area contributed by atoms with Gasteiger partial charge in [0.05, 0.1) is 4.92 Å². The second kappa shape index (κ2) is 8.88. The van der Waals surface area contributed by atoms with Crippen LogP contribution in [0.4, 0.5) is 10.5 Å². The molecular formula is C13H17N3O5S. The molecule has 1 aromatic carbocycles. The fourth-order valence-electron chi connectivity index (χ4n) is 1.63. The first kappa shape index (κ1) is 17.8. The smallest absolute Gasteiger partial charge is 0.329 e. The van der Waals surface area contributed by atoms with Gasteiger partial charge >= 0.3 is 12.0 Å². The van der Waals surface area contributed by atoms with Crippen LogP contribution in [0.1, 0.15) is 12.0 Å². The Labute approximate surface area is 131 Å². The summed E-state index contributed by atoms with van der Waals surface area (Å²) in [6.07, 6.45) is 2.28. The van der Waals surface area contributed by atoms with E-state index in [-0.39, 0.29) is 12.3 Å². The quantitative estimate of drug-likeness (QED) is 0.423. The van der Waals surface area contributed by atoms with Crippen molar-refractivity contribution in [1.29, 1.82) is 0 Å². The number of nitro groups is 1. The molecule has 120 valence electrons. The summed E-state index contributed by atoms with van der Waals surface area (Å²) in [5, 5.41) is 12.9. The van der Waals surface area contributed by atoms with Gasteiger partial charge in [-0.05, 0) is 36.1 Å². The Morgan fingerprint density at radius 1 is 1.41 bits per heavy atom. The van der Waals surface area contributed by atoms with Gasteiger partial charge in [-0.3, -0.25) is 10.1 Å². The molecule has 1 rings (SSSR count). The van der Waals surface area contributed by atoms with Crippen molar-refractivity contribution in [1.82, 2.24) is 5.32 Å². The van der Waals surface area contributed by atoms with Crippen molar-refractivity contribution in [3.05, 3.63) is 39.9 Å². The number of nitro benzene ring substituents is 1. The maximum Gasteiger partial charge on any atom is 0.329 e. The van der Waals surface area contributed by atoms with Crippen LogP contribution in [-0.2, 0) is 16.1 Å². The molecule has 2 amide bonds. The van der Waals surface area contributed by atoms with Gasteiger partial charge in [-0.15, -0.1) is 0 Å². The van der Waals surface area contributed by atoms with E-state index in [1.54, 1.807) is 0 Å². The molecule has 1 atom stereocenters. The summed E-state index contributed by atoms with van der Waals surface area (Å²) < 4.78 is 5.10. The van der Waals surface area contributed by atoms with Crippen LogP contribution in [0.25, 0.3) is 0 Å². The number of rotatable bonds is 8. The Kier molecular flexibility index (Phi) is 7.17. The third-order valence-electron chi connectivity index (χ3n) is 2.74. The Balaban J connectivity index is 2.57. The second-order valence-electron chi connectivity index (χ2n) is 4.37. The van der Waals surface area contributed by atoms with Gasteiger partial charge in [0.2, 0.25) is 0 Å². The standard InChI is InChI=1S/C13H17N3O5S/c1-22-7-6-11(15-13(14)18)12(17)21-8-9-2-4-10(5-3-9)16(19)20/h2-5,11H,6-8H2,1H3,(H3,14,15,18)/t11-/m1/s1. The SMILES string of the molecule is CSCC[C@@H](NC(N)=O)C(=O)OCc1ccc([N+](=O)[O-])cc1. The number of esters is 1. The lowest BCUT2D eigenvalue weighted by molar-refractivity contribution is -0.384. The molecule has 8 nitrogen and oxygen atoms in total. The highest BCUT2D eigenvalue weighted by Crippen LogP contribution is 2.13. The molecule has 0 spiro atoms. The average Bonchev–Trinajstić information content (AvgIpc) is 2.49. The minimum atomic E-state index is -0.803. The van der Waals surface area contributed by atoms with Crippen molar-refractivity contribution in [3.63, 3.8) is 0 Å². The number of hydrogen-bond acceptors (Lipinski definition) is 6. The monoisotopic (exact) mass is 327 g/mol. The topological polar surface area (TPSA) is 125 Å². The molecule has 0 fully saturated rings. The summed E-state index contributed by atoms with van der Waals surface area (Å²) in [5.41, 5.74) is 5.60. The van der Waals surface area contributed by atoms with Crippen molar-refractivity contribution in [2.45, 2.75) is 19.1 Å². The summed E-state index contributed by atoms with van der Waals surface area (Å²) in [6, 6.07) is 4.07. The summed E-state index contributed by atoms with van der Waals surface area (Å²) in [5.74, 6) is 0.0728. The lowest BCUT2D eigenvalue weighted by Crippen LogP contribution is -2.44. The number of carbonyl (C=O) groups is 2. The molecule has 0 aliphatic heterocycles. The zero-order valence-corrected chi connectivity index (χ0v) is 12.8. The summed E-state index contributed by atoms with van der Waals surface area (Å²) in [7, 11) is 0. The molecule has 1 aromatic rings. The van der Waals surface area contributed by atoms with E-state index in [0.29, 0.717) is 17.7 Å². The Hall–Kier alpha value is -2.29. The van der Waals surface area contributed by atoms with Gasteiger partial charge in [0.15, 0.2) is 0 Å². The van der Waals surface area contributed by atoms with E-state index in [2.05, 4.69) is 5.32 Å². The van der Waals surface area contributed by atoms with Gasteiger partial charge in [0, 0.05) is 12.1 Å². The summed E-state index contributed by atoms with van der Waals surface area (Å²) >= 11 is 1.53. The highest BCUT2D eigenvalue weighted by atomic mass is 32.2. The molecule has 22 heavy (non-hydrogen) atoms. The largest absolute Gasteiger partial charge is 0.459 e. The van der Waals surface area contributed by atoms with E-state index in [0.717, 1.165) is 0 Å². The predicted molar refractivity (Wildman–Crippen MR) is 82.4 cm³/mol. The number of ether oxygens (including phenoxy) is 1. The second-order valence-corrected chi connectivity index (χ2v) is 5.36. The maximum atomic E-state index is 11.9. The van der Waals surface area contributed by atoms with Gasteiger partial charge in [0.25, 0.3) is 5.69 Å². The van der Waals surface area contributed by atoms with Gasteiger partial charge in [-0.2, -0.15) is 11.8 Å². The van der Waals surface area contributed by atoms with E-state index in [1.807, 2.05) is 6.26 Å². The average molecular weight is 327 g/mol. The minimum absolute atomic E-state index is 0.0347. The highest BCUT2D eigenvalue weighted by Gasteiger charge is 2.21. The number of amides is 2. The van der Waals surface area contributed by atoms with E-state index >= 15 is 0 Å². The molecule has 0 heterocycles. The van der Waals surface area contributed by atoms with Crippen molar-refractivity contribution < 1.29 is 19.2 Å². The fourth-order valence-corrected chi connectivity index (χ4v) is 2.10. The fraction of sp³-hybridized carbons (Fsp3) is 0.385. The van der Waals surface area contributed by atoms with Crippen LogP contribution < -0.4 is 11.1 Å². The number of carbonyl (C=O) groups excluding carboxylic acids is 2. The van der Waals surface area contributed by atoms with E-state index < -0.39 is 23.0 Å². The van der Waals surface area contributed by atoms with Crippen molar-refractivity contribution >= 4 is 29.4 Å². The molecule has 0 aromatic heterocycles. The number of nitrogens with zero attached hydrogens (tertiary/aromatic N) is 1. The molecular weight excluding hydrogens is 310 g/mol.